The largest absolute Gasteiger partial charge is 0.507 e. The van der Waals surface area contributed by atoms with E-state index in [2.05, 4.69) is 10.1 Å². The summed E-state index contributed by atoms with van der Waals surface area (Å²) in [6.07, 6.45) is 0. The normalized spacial score (nSPS) is 12.2. The molecule has 2 aromatic rings. The number of phenolic OH excluding ortho intramolecular Hbond substituents is 1. The maximum atomic E-state index is 12.9. The molecule has 0 bridgehead atoms. The number of anilines is 1. The van der Waals surface area contributed by atoms with E-state index in [-0.39, 0.29) is 17.5 Å². The molecule has 0 aromatic heterocycles. The van der Waals surface area contributed by atoms with Gasteiger partial charge in [-0.3, -0.25) is 0 Å². The number of hydrogen-bond acceptors (Lipinski definition) is 3. The smallest absolute Gasteiger partial charge is 0.387 e. The Kier molecular flexibility index (Phi) is 4.57. The summed E-state index contributed by atoms with van der Waals surface area (Å²) < 4.78 is 41.2. The van der Waals surface area contributed by atoms with E-state index in [0.717, 1.165) is 6.07 Å². The van der Waals surface area contributed by atoms with Gasteiger partial charge in [-0.1, -0.05) is 6.07 Å². The quantitative estimate of drug-likeness (QED) is 0.864. The van der Waals surface area contributed by atoms with Gasteiger partial charge in [0.25, 0.3) is 0 Å². The van der Waals surface area contributed by atoms with E-state index >= 15 is 0 Å². The number of phenols is 1. The summed E-state index contributed by atoms with van der Waals surface area (Å²) in [5.74, 6) is -0.600. The lowest BCUT2D eigenvalue weighted by Crippen LogP contribution is -2.07. The van der Waals surface area contributed by atoms with Crippen LogP contribution in [0.1, 0.15) is 18.5 Å². The van der Waals surface area contributed by atoms with Crippen LogP contribution in [0.5, 0.6) is 11.5 Å². The van der Waals surface area contributed by atoms with Crippen LogP contribution in [0.15, 0.2) is 42.5 Å². The number of benzene rings is 2. The first kappa shape index (κ1) is 15.0. The molecule has 0 spiro atoms. The zero-order valence-corrected chi connectivity index (χ0v) is 11.2. The van der Waals surface area contributed by atoms with Crippen LogP contribution in [0.2, 0.25) is 0 Å². The van der Waals surface area contributed by atoms with Crippen molar-refractivity contribution in [2.75, 3.05) is 5.32 Å². The molecular formula is C15H14F3NO2. The molecule has 0 fully saturated rings. The number of halogens is 3. The maximum Gasteiger partial charge on any atom is 0.387 e. The first-order valence-electron chi connectivity index (χ1n) is 6.25. The third-order valence-electron chi connectivity index (χ3n) is 2.92. The summed E-state index contributed by atoms with van der Waals surface area (Å²) in [5.41, 5.74) is 1.19. The number of rotatable bonds is 5. The molecule has 1 atom stereocenters. The van der Waals surface area contributed by atoms with Gasteiger partial charge >= 0.3 is 6.61 Å². The van der Waals surface area contributed by atoms with Gasteiger partial charge in [0.1, 0.15) is 17.3 Å². The fourth-order valence-corrected chi connectivity index (χ4v) is 1.94. The summed E-state index contributed by atoms with van der Waals surface area (Å²) >= 11 is 0. The van der Waals surface area contributed by atoms with Crippen LogP contribution in [0.25, 0.3) is 0 Å². The highest BCUT2D eigenvalue weighted by Gasteiger charge is 2.11. The second-order valence-corrected chi connectivity index (χ2v) is 4.47. The molecule has 6 heteroatoms. The van der Waals surface area contributed by atoms with Gasteiger partial charge in [0, 0.05) is 17.3 Å². The van der Waals surface area contributed by atoms with E-state index < -0.39 is 12.4 Å². The van der Waals surface area contributed by atoms with Crippen LogP contribution < -0.4 is 10.1 Å². The Balaban J connectivity index is 2.06. The van der Waals surface area contributed by atoms with Crippen molar-refractivity contribution >= 4 is 5.69 Å². The van der Waals surface area contributed by atoms with Crippen LogP contribution in [-0.2, 0) is 0 Å². The minimum atomic E-state index is -2.86. The van der Waals surface area contributed by atoms with Crippen LogP contribution in [0.4, 0.5) is 18.9 Å². The molecule has 2 rings (SSSR count). The molecule has 0 amide bonds. The van der Waals surface area contributed by atoms with Crippen molar-refractivity contribution < 1.29 is 23.0 Å². The summed E-state index contributed by atoms with van der Waals surface area (Å²) in [7, 11) is 0. The maximum absolute atomic E-state index is 12.9. The molecule has 0 radical (unpaired) electrons. The van der Waals surface area contributed by atoms with Crippen LogP contribution in [-0.4, -0.2) is 11.7 Å². The Morgan fingerprint density at radius 1 is 1.10 bits per heavy atom. The van der Waals surface area contributed by atoms with Gasteiger partial charge in [-0.15, -0.1) is 0 Å². The van der Waals surface area contributed by atoms with Crippen molar-refractivity contribution in [3.63, 3.8) is 0 Å². The van der Waals surface area contributed by atoms with Crippen LogP contribution in [0.3, 0.4) is 0 Å². The van der Waals surface area contributed by atoms with E-state index in [0.29, 0.717) is 11.3 Å². The summed E-state index contributed by atoms with van der Waals surface area (Å²) in [5, 5.41) is 12.8. The van der Waals surface area contributed by atoms with Gasteiger partial charge in [-0.05, 0) is 37.3 Å². The Hall–Kier alpha value is -2.37. The van der Waals surface area contributed by atoms with E-state index in [1.54, 1.807) is 19.1 Å². The zero-order chi connectivity index (χ0) is 15.4. The molecule has 112 valence electrons. The Morgan fingerprint density at radius 3 is 2.33 bits per heavy atom. The highest BCUT2D eigenvalue weighted by molar-refractivity contribution is 5.49. The van der Waals surface area contributed by atoms with Crippen molar-refractivity contribution in [2.45, 2.75) is 19.6 Å². The molecule has 0 aliphatic rings. The Morgan fingerprint density at radius 2 is 1.76 bits per heavy atom. The molecule has 0 aliphatic heterocycles. The molecule has 0 saturated carbocycles. The van der Waals surface area contributed by atoms with Gasteiger partial charge in [0.15, 0.2) is 0 Å². The predicted octanol–water partition coefficient (Wildman–Crippen LogP) is 4.31. The van der Waals surface area contributed by atoms with Gasteiger partial charge < -0.3 is 15.2 Å². The molecule has 21 heavy (non-hydrogen) atoms. The average molecular weight is 297 g/mol. The highest BCUT2D eigenvalue weighted by Crippen LogP contribution is 2.28. The Labute approximate surface area is 120 Å². The lowest BCUT2D eigenvalue weighted by atomic mass is 10.1. The fraction of sp³-hybridized carbons (Fsp3) is 0.200. The SMILES string of the molecule is CC(Nc1ccc(OC(F)F)cc1)c1ccc(F)cc1O. The first-order chi connectivity index (χ1) is 9.95. The Bertz CT molecular complexity index is 602. The van der Waals surface area contributed by atoms with Crippen molar-refractivity contribution in [3.8, 4) is 11.5 Å². The van der Waals surface area contributed by atoms with Crippen molar-refractivity contribution in [3.05, 3.63) is 53.8 Å². The third-order valence-corrected chi connectivity index (χ3v) is 2.92. The summed E-state index contributed by atoms with van der Waals surface area (Å²) in [6, 6.07) is 9.46. The average Bonchev–Trinajstić information content (AvgIpc) is 2.40. The van der Waals surface area contributed by atoms with E-state index in [1.165, 1.54) is 24.3 Å². The van der Waals surface area contributed by atoms with Crippen LogP contribution in [0, 0.1) is 5.82 Å². The highest BCUT2D eigenvalue weighted by atomic mass is 19.3. The first-order valence-corrected chi connectivity index (χ1v) is 6.25. The zero-order valence-electron chi connectivity index (χ0n) is 11.2. The van der Waals surface area contributed by atoms with Crippen LogP contribution >= 0.6 is 0 Å². The second-order valence-electron chi connectivity index (χ2n) is 4.47. The number of nitrogens with one attached hydrogen (secondary N) is 1. The monoisotopic (exact) mass is 297 g/mol. The number of aromatic hydroxyl groups is 1. The van der Waals surface area contributed by atoms with E-state index in [1.807, 2.05) is 0 Å². The second kappa shape index (κ2) is 6.39. The molecule has 0 aliphatic carbocycles. The van der Waals surface area contributed by atoms with Gasteiger partial charge in [0.05, 0.1) is 6.04 Å². The standard InChI is InChI=1S/C15H14F3NO2/c1-9(13-7-2-10(16)8-14(13)20)19-11-3-5-12(6-4-11)21-15(17)18/h2-9,15,19-20H,1H3. The topological polar surface area (TPSA) is 41.5 Å². The van der Waals surface area contributed by atoms with Crippen molar-refractivity contribution in [1.29, 1.82) is 0 Å². The molecule has 0 heterocycles. The lowest BCUT2D eigenvalue weighted by molar-refractivity contribution is -0.0498. The lowest BCUT2D eigenvalue weighted by Gasteiger charge is -2.17. The van der Waals surface area contributed by atoms with Gasteiger partial charge in [0.2, 0.25) is 0 Å². The summed E-state index contributed by atoms with van der Waals surface area (Å²) in [6.45, 7) is -1.07. The molecule has 3 nitrogen and oxygen atoms in total. The molecule has 0 saturated heterocycles. The van der Waals surface area contributed by atoms with E-state index in [4.69, 9.17) is 0 Å². The fourth-order valence-electron chi connectivity index (χ4n) is 1.94. The molecule has 2 N–H and O–H groups in total. The summed E-state index contributed by atoms with van der Waals surface area (Å²) in [4.78, 5) is 0. The van der Waals surface area contributed by atoms with Crippen molar-refractivity contribution in [1.82, 2.24) is 0 Å². The number of hydrogen-bond donors (Lipinski definition) is 2. The predicted molar refractivity (Wildman–Crippen MR) is 73.2 cm³/mol. The molecular weight excluding hydrogens is 283 g/mol. The van der Waals surface area contributed by atoms with Crippen molar-refractivity contribution in [2.24, 2.45) is 0 Å². The van der Waals surface area contributed by atoms with Gasteiger partial charge in [-0.25, -0.2) is 4.39 Å². The number of ether oxygens (including phenoxy) is 1. The number of alkyl halides is 2. The molecule has 2 aromatic carbocycles. The minimum absolute atomic E-state index is 0.0628. The molecule has 1 unspecified atom stereocenters. The van der Waals surface area contributed by atoms with E-state index in [9.17, 15) is 18.3 Å². The van der Waals surface area contributed by atoms with Gasteiger partial charge in [-0.2, -0.15) is 8.78 Å². The minimum Gasteiger partial charge on any atom is -0.507 e. The third kappa shape index (κ3) is 4.05.